The monoisotopic (exact) mass is 1470 g/mol. The molecule has 98 heavy (non-hydrogen) atoms. The lowest BCUT2D eigenvalue weighted by Crippen LogP contribution is -2.45. The van der Waals surface area contributed by atoms with Crippen LogP contribution in [-0.4, -0.2) is 145 Å². The molecule has 3 amide bonds. The summed E-state index contributed by atoms with van der Waals surface area (Å²) in [5.41, 5.74) is 7.98. The van der Waals surface area contributed by atoms with Crippen molar-refractivity contribution < 1.29 is 101 Å². The highest BCUT2D eigenvalue weighted by Gasteiger charge is 2.44. The number of aryl methyl sites for hydroxylation is 2. The number of amides is 3. The number of unbranched alkanes of at least 4 members (excludes halogenated alkanes) is 6. The third-order valence-electron chi connectivity index (χ3n) is 17.7. The third kappa shape index (κ3) is 19.1. The van der Waals surface area contributed by atoms with Crippen LogP contribution in [0.4, 0.5) is 5.69 Å². The number of carbonyl (C=O) groups excluding carboxylic acids is 3. The maximum absolute atomic E-state index is 14.5. The zero-order valence-electron chi connectivity index (χ0n) is 53.6. The number of hydrogen-bond donors (Lipinski definition) is 11. The molecule has 11 N–H and O–H groups in total. The van der Waals surface area contributed by atoms with E-state index in [0.29, 0.717) is 94.4 Å². The Labute approximate surface area is 564 Å². The van der Waals surface area contributed by atoms with Crippen LogP contribution in [0.5, 0.6) is 11.5 Å². The Morgan fingerprint density at radius 3 is 2.03 bits per heavy atom. The normalized spacial score (nSPS) is 19.4. The molecule has 10 rings (SSSR count). The number of nitrogens with one attached hydrogen (secondary N) is 5. The molecular weight excluding hydrogens is 1390 g/mol. The van der Waals surface area contributed by atoms with Crippen LogP contribution in [-0.2, 0) is 96.2 Å². The van der Waals surface area contributed by atoms with Gasteiger partial charge in [-0.3, -0.25) is 37.8 Å². The van der Waals surface area contributed by atoms with Gasteiger partial charge in [-0.15, -0.1) is 0 Å². The number of anilines is 1. The summed E-state index contributed by atoms with van der Waals surface area (Å²) in [4.78, 5) is 103. The van der Waals surface area contributed by atoms with E-state index in [0.717, 1.165) is 127 Å². The molecule has 32 nitrogen and oxygen atoms in total. The Morgan fingerprint density at radius 2 is 1.36 bits per heavy atom. The minimum Gasteiger partial charge on any atom is -0.455 e. The number of nitrogens with zero attached hydrogens (tertiary/aromatic N) is 3. The number of H-pyrrole nitrogens is 1. The molecule has 1 saturated heterocycles. The molecule has 1 aromatic heterocycles. The number of aromatic nitrogens is 2. The van der Waals surface area contributed by atoms with Gasteiger partial charge in [0.2, 0.25) is 23.1 Å². The summed E-state index contributed by atoms with van der Waals surface area (Å²) < 4.78 is 132. The fourth-order valence-electron chi connectivity index (χ4n) is 13.3. The number of benzene rings is 3. The van der Waals surface area contributed by atoms with Crippen LogP contribution in [0.15, 0.2) is 62.0 Å². The Balaban J connectivity index is 0.598. The van der Waals surface area contributed by atoms with E-state index in [1.54, 1.807) is 0 Å². The van der Waals surface area contributed by atoms with Gasteiger partial charge in [-0.2, -0.15) is 35.2 Å². The number of hydroxylamine groups is 1. The lowest BCUT2D eigenvalue weighted by atomic mass is 9.82. The Morgan fingerprint density at radius 1 is 0.724 bits per heavy atom. The van der Waals surface area contributed by atoms with Gasteiger partial charge in [-0.25, -0.2) is 23.1 Å². The molecule has 0 spiro atoms. The highest BCUT2D eigenvalue weighted by molar-refractivity contribution is 7.87. The summed E-state index contributed by atoms with van der Waals surface area (Å²) >= 11 is 0. The smallest absolute Gasteiger partial charge is 0.455 e. The van der Waals surface area contributed by atoms with E-state index in [1.807, 2.05) is 0 Å². The van der Waals surface area contributed by atoms with E-state index < -0.39 is 89.8 Å². The molecule has 536 valence electrons. The van der Waals surface area contributed by atoms with E-state index in [9.17, 15) is 73.9 Å². The number of phosphoric acid groups is 3. The molecule has 4 aromatic rings. The first kappa shape index (κ1) is 74.6. The highest BCUT2D eigenvalue weighted by Crippen LogP contribution is 2.66. The first-order valence-corrected chi connectivity index (χ1v) is 40.1. The maximum atomic E-state index is 14.5. The van der Waals surface area contributed by atoms with Crippen molar-refractivity contribution in [2.75, 3.05) is 63.9 Å². The largest absolute Gasteiger partial charge is 0.490 e. The zero-order valence-corrected chi connectivity index (χ0v) is 57.9. The van der Waals surface area contributed by atoms with Gasteiger partial charge in [0.25, 0.3) is 15.7 Å². The van der Waals surface area contributed by atoms with Crippen LogP contribution < -0.4 is 57.5 Å². The lowest BCUT2D eigenvalue weighted by molar-refractivity contribution is -0.122. The van der Waals surface area contributed by atoms with E-state index >= 15 is 0 Å². The van der Waals surface area contributed by atoms with Crippen molar-refractivity contribution in [1.82, 2.24) is 35.6 Å². The minimum absolute atomic E-state index is 0.0107. The lowest BCUT2D eigenvalue weighted by Gasteiger charge is -2.39. The quantitative estimate of drug-likeness (QED) is 0.00926. The Kier molecular flexibility index (Phi) is 24.5. The second kappa shape index (κ2) is 32.2. The van der Waals surface area contributed by atoms with Crippen molar-refractivity contribution in [3.63, 3.8) is 0 Å². The van der Waals surface area contributed by atoms with Crippen molar-refractivity contribution >= 4 is 78.8 Å². The Hall–Kier alpha value is -6.13. The van der Waals surface area contributed by atoms with E-state index in [4.69, 9.17) is 23.5 Å². The van der Waals surface area contributed by atoms with Crippen LogP contribution in [0.2, 0.25) is 0 Å². The van der Waals surface area contributed by atoms with Crippen molar-refractivity contribution in [2.24, 2.45) is 0 Å². The number of rotatable bonds is 34. The van der Waals surface area contributed by atoms with Gasteiger partial charge in [0, 0.05) is 123 Å². The van der Waals surface area contributed by atoms with Gasteiger partial charge in [0.1, 0.15) is 41.8 Å². The van der Waals surface area contributed by atoms with Gasteiger partial charge < -0.3 is 55.0 Å². The molecule has 0 aliphatic carbocycles. The van der Waals surface area contributed by atoms with Crippen molar-refractivity contribution in [3.8, 4) is 11.5 Å². The predicted molar refractivity (Wildman–Crippen MR) is 352 cm³/mol. The van der Waals surface area contributed by atoms with Crippen LogP contribution in [0.1, 0.15) is 154 Å². The summed E-state index contributed by atoms with van der Waals surface area (Å²) in [5, 5.41) is 20.8. The number of phosphoric ester groups is 1. The Bertz CT molecular complexity index is 4390. The molecule has 6 aliphatic rings. The van der Waals surface area contributed by atoms with Gasteiger partial charge in [-0.1, -0.05) is 37.5 Å². The highest BCUT2D eigenvalue weighted by atomic mass is 32.2. The number of ether oxygens (including phenoxy) is 2. The predicted octanol–water partition coefficient (Wildman–Crippen LogP) is 3.16. The molecule has 0 radical (unpaired) electrons. The van der Waals surface area contributed by atoms with Crippen LogP contribution in [0, 0.1) is 0 Å². The van der Waals surface area contributed by atoms with Gasteiger partial charge in [-0.05, 0) is 107 Å². The second-order valence-electron chi connectivity index (χ2n) is 24.8. The van der Waals surface area contributed by atoms with E-state index in [-0.39, 0.29) is 61.2 Å². The van der Waals surface area contributed by atoms with Crippen LogP contribution in [0.25, 0.3) is 11.6 Å². The van der Waals surface area contributed by atoms with E-state index in [1.165, 1.54) is 35.3 Å². The molecule has 2 unspecified atom stereocenters. The third-order valence-corrected chi connectivity index (χ3v) is 23.5. The fraction of sp³-hybridized carbons (Fsp3) is 0.541. The maximum Gasteiger partial charge on any atom is 0.490 e. The second-order valence-corrected chi connectivity index (χ2v) is 32.2. The number of aliphatic hydroxyl groups excluding tert-OH is 1. The SMILES string of the molecule is O=C(CCCCCNC(=O)CCCCCNC(=O)CCCCCNOS(=O)(=O)c1cc(S(=O)(=O)O)ccc1C1=c2cc3c4c(c2Oc2c1cc1c5c2CCCN5CCC1)CCC[N+]=4CCC3)NC/C=C/c1cn([C@H]2C[C@H](O)[C@@H](COP(=O)(O)OP(=O)(O)OP(=O)(O)O)O2)c(=O)[nH]c1=O. The van der Waals surface area contributed by atoms with Crippen molar-refractivity contribution in [1.29, 1.82) is 0 Å². The molecule has 3 aromatic carbocycles. The van der Waals surface area contributed by atoms with Crippen LogP contribution in [0.3, 0.4) is 0 Å². The van der Waals surface area contributed by atoms with Gasteiger partial charge in [0.05, 0.1) is 28.7 Å². The standard InChI is InChI=1S/C61H81N8O24P3S2/c70-48-36-54(89-49(48)38-88-95(79,80)93-96(81,82)92-94(76,77)78)69-37-41(60(74)66-61(69)75)15-10-27-64-53(73)21-5-2-8-25-62-51(71)20-4-1-7-26-63-52(72)22-6-3-9-28-65-91-98(86,87)50-35-42(97(83,84)85)23-24-43(50)55-46-33-39-16-11-29-67-31-13-18-44(56(39)67)58(46)90-59-45-19-14-32-68-30-12-17-40(57(45)68)34-47(55)59/h10,15,23-24,33-35,37,48-49,54,65,70H,1-9,11-14,16-22,25-32,36,38H2,(H8-,62,63,64,66,71,72,73,74,75,76,77,78,79,80,81,82,83,84,85)/p+1/b15-10+/t48-,49+,54+/m0/s1. The average molecular weight is 1470 g/mol. The van der Waals surface area contributed by atoms with Crippen molar-refractivity contribution in [2.45, 2.75) is 163 Å². The fourth-order valence-corrected chi connectivity index (χ4v) is 17.9. The van der Waals surface area contributed by atoms with E-state index in [2.05, 4.69) is 61.2 Å². The number of fused-ring (bicyclic) bond motifs is 4. The molecule has 37 heteroatoms. The number of aliphatic hydroxyl groups is 1. The first-order valence-electron chi connectivity index (χ1n) is 32.7. The van der Waals surface area contributed by atoms with Crippen molar-refractivity contribution in [3.05, 3.63) is 113 Å². The molecule has 7 heterocycles. The van der Waals surface area contributed by atoms with Gasteiger partial charge in [0.15, 0.2) is 0 Å². The van der Waals surface area contributed by atoms with Crippen LogP contribution >= 0.6 is 23.5 Å². The van der Waals surface area contributed by atoms with Gasteiger partial charge >= 0.3 is 39.3 Å². The number of carbonyl (C=O) groups is 3. The average Bonchev–Trinajstić information content (AvgIpc) is 0.794. The summed E-state index contributed by atoms with van der Waals surface area (Å²) in [5.74, 6) is 0.832. The molecule has 1 fully saturated rings. The summed E-state index contributed by atoms with van der Waals surface area (Å²) in [7, 11) is -26.6. The topological polar surface area (TPSA) is 457 Å². The minimum atomic E-state index is -5.80. The summed E-state index contributed by atoms with van der Waals surface area (Å²) in [6.45, 7) is 3.73. The zero-order chi connectivity index (χ0) is 70.2. The molecule has 5 atom stereocenters. The number of hydrogen-bond acceptors (Lipinski definition) is 21. The molecule has 6 aliphatic heterocycles. The first-order chi connectivity index (χ1) is 46.5. The molecular formula is C61H82N8O24P3S2+. The molecule has 0 bridgehead atoms. The summed E-state index contributed by atoms with van der Waals surface area (Å²) in [6, 6.07) is 7.84. The molecule has 0 saturated carbocycles. The number of aromatic amines is 1. The summed E-state index contributed by atoms with van der Waals surface area (Å²) in [6.07, 6.45) is 12.5.